The Hall–Kier alpha value is -2.70. The Balaban J connectivity index is 1.63. The minimum atomic E-state index is -0.787. The van der Waals surface area contributed by atoms with Crippen LogP contribution in [-0.4, -0.2) is 22.0 Å². The fraction of sp³-hybridized carbons (Fsp3) is 0.286. The van der Waals surface area contributed by atoms with Crippen LogP contribution in [0.3, 0.4) is 0 Å². The highest BCUT2D eigenvalue weighted by Crippen LogP contribution is 2.32. The fourth-order valence-corrected chi connectivity index (χ4v) is 2.54. The summed E-state index contributed by atoms with van der Waals surface area (Å²) in [6.45, 7) is 0.105. The number of fused-ring (bicyclic) bond motifs is 1. The van der Waals surface area contributed by atoms with Crippen LogP contribution in [-0.2, 0) is 17.8 Å². The van der Waals surface area contributed by atoms with E-state index in [0.29, 0.717) is 0 Å². The Morgan fingerprint density at radius 2 is 2.19 bits per heavy atom. The molecule has 2 amide bonds. The zero-order chi connectivity index (χ0) is 14.8. The van der Waals surface area contributed by atoms with E-state index in [1.165, 1.54) is 5.56 Å². The predicted molar refractivity (Wildman–Crippen MR) is 72.2 cm³/mol. The maximum absolute atomic E-state index is 12.2. The number of carbonyl (C=O) groups is 2. The summed E-state index contributed by atoms with van der Waals surface area (Å²) in [5.41, 5.74) is 7.30. The van der Waals surface area contributed by atoms with E-state index < -0.39 is 5.91 Å². The molecule has 0 fully saturated rings. The maximum atomic E-state index is 12.2. The van der Waals surface area contributed by atoms with Crippen LogP contribution in [0.2, 0.25) is 0 Å². The van der Waals surface area contributed by atoms with Crippen molar-refractivity contribution in [2.75, 3.05) is 0 Å². The van der Waals surface area contributed by atoms with Crippen molar-refractivity contribution >= 4 is 11.8 Å². The number of carbonyl (C=O) groups excluding carboxylic acids is 2. The molecule has 1 atom stereocenters. The lowest BCUT2D eigenvalue weighted by Gasteiger charge is -2.10. The Labute approximate surface area is 120 Å². The third kappa shape index (κ3) is 2.62. The molecule has 1 heterocycles. The van der Waals surface area contributed by atoms with Gasteiger partial charge in [-0.15, -0.1) is 0 Å². The van der Waals surface area contributed by atoms with Gasteiger partial charge in [0, 0.05) is 0 Å². The average Bonchev–Trinajstić information content (AvgIpc) is 3.11. The van der Waals surface area contributed by atoms with Crippen LogP contribution in [0.1, 0.15) is 40.0 Å². The van der Waals surface area contributed by atoms with Gasteiger partial charge in [0.25, 0.3) is 0 Å². The Morgan fingerprint density at radius 1 is 1.38 bits per heavy atom. The van der Waals surface area contributed by atoms with Gasteiger partial charge in [-0.25, -0.2) is 0 Å². The van der Waals surface area contributed by atoms with Gasteiger partial charge in [0.2, 0.25) is 5.91 Å². The van der Waals surface area contributed by atoms with Crippen LogP contribution in [0.4, 0.5) is 0 Å². The molecular formula is C14H14N4O3. The van der Waals surface area contributed by atoms with Gasteiger partial charge in [-0.1, -0.05) is 29.4 Å². The highest BCUT2D eigenvalue weighted by molar-refractivity contribution is 5.87. The number of benzene rings is 1. The summed E-state index contributed by atoms with van der Waals surface area (Å²) in [4.78, 5) is 26.9. The molecule has 1 aliphatic rings. The third-order valence-electron chi connectivity index (χ3n) is 3.55. The molecule has 0 radical (unpaired) electrons. The van der Waals surface area contributed by atoms with Crippen molar-refractivity contribution in [1.82, 2.24) is 15.5 Å². The number of aryl methyl sites for hydroxylation is 1. The van der Waals surface area contributed by atoms with Gasteiger partial charge in [0.15, 0.2) is 5.82 Å². The number of hydrogen-bond acceptors (Lipinski definition) is 5. The van der Waals surface area contributed by atoms with Crippen LogP contribution >= 0.6 is 0 Å². The molecule has 1 aromatic heterocycles. The first-order valence-corrected chi connectivity index (χ1v) is 6.63. The van der Waals surface area contributed by atoms with Gasteiger partial charge >= 0.3 is 11.8 Å². The topological polar surface area (TPSA) is 111 Å². The summed E-state index contributed by atoms with van der Waals surface area (Å²) in [6, 6.07) is 7.93. The molecule has 0 unspecified atom stereocenters. The summed E-state index contributed by atoms with van der Waals surface area (Å²) in [5, 5.41) is 6.34. The van der Waals surface area contributed by atoms with Crippen LogP contribution in [0, 0.1) is 0 Å². The van der Waals surface area contributed by atoms with Crippen molar-refractivity contribution in [3.63, 3.8) is 0 Å². The van der Waals surface area contributed by atoms with Gasteiger partial charge in [-0.3, -0.25) is 9.59 Å². The molecule has 0 saturated carbocycles. The third-order valence-corrected chi connectivity index (χ3v) is 3.55. The monoisotopic (exact) mass is 286 g/mol. The number of rotatable bonds is 4. The maximum Gasteiger partial charge on any atom is 0.315 e. The number of primary amides is 1. The summed E-state index contributed by atoms with van der Waals surface area (Å²) in [5.74, 6) is -1.05. The van der Waals surface area contributed by atoms with Gasteiger partial charge in [0.05, 0.1) is 12.5 Å². The van der Waals surface area contributed by atoms with E-state index in [2.05, 4.69) is 20.0 Å². The zero-order valence-electron chi connectivity index (χ0n) is 11.2. The van der Waals surface area contributed by atoms with Crippen molar-refractivity contribution in [1.29, 1.82) is 0 Å². The van der Waals surface area contributed by atoms with Crippen molar-refractivity contribution in [3.05, 3.63) is 47.1 Å². The van der Waals surface area contributed by atoms with E-state index in [1.807, 2.05) is 24.3 Å². The highest BCUT2D eigenvalue weighted by Gasteiger charge is 2.28. The lowest BCUT2D eigenvalue weighted by Crippen LogP contribution is -2.28. The first-order valence-electron chi connectivity index (χ1n) is 6.63. The molecule has 3 N–H and O–H groups in total. The van der Waals surface area contributed by atoms with E-state index in [9.17, 15) is 9.59 Å². The minimum absolute atomic E-state index is 0.0784. The van der Waals surface area contributed by atoms with E-state index in [-0.39, 0.29) is 30.1 Å². The molecule has 2 aromatic rings. The molecule has 0 spiro atoms. The Morgan fingerprint density at radius 3 is 2.95 bits per heavy atom. The van der Waals surface area contributed by atoms with Crippen molar-refractivity contribution in [3.8, 4) is 0 Å². The first kappa shape index (κ1) is 13.3. The predicted octanol–water partition coefficient (Wildman–Crippen LogP) is 0.515. The number of nitrogens with one attached hydrogen (secondary N) is 1. The number of amides is 2. The first-order chi connectivity index (χ1) is 10.1. The molecular weight excluding hydrogens is 272 g/mol. The number of nitrogens with two attached hydrogens (primary N) is 1. The van der Waals surface area contributed by atoms with Crippen molar-refractivity contribution in [2.45, 2.75) is 25.3 Å². The van der Waals surface area contributed by atoms with Crippen LogP contribution in [0.5, 0.6) is 0 Å². The van der Waals surface area contributed by atoms with E-state index in [0.717, 1.165) is 18.4 Å². The number of aromatic nitrogens is 2. The van der Waals surface area contributed by atoms with E-state index >= 15 is 0 Å². The molecule has 3 rings (SSSR count). The van der Waals surface area contributed by atoms with E-state index in [4.69, 9.17) is 5.73 Å². The molecule has 21 heavy (non-hydrogen) atoms. The molecule has 7 heteroatoms. The smallest absolute Gasteiger partial charge is 0.315 e. The highest BCUT2D eigenvalue weighted by atomic mass is 16.5. The molecule has 0 saturated heterocycles. The molecule has 108 valence electrons. The number of nitrogens with zero attached hydrogens (tertiary/aromatic N) is 2. The molecule has 0 bridgehead atoms. The summed E-state index contributed by atoms with van der Waals surface area (Å²) in [6.07, 6.45) is 1.70. The minimum Gasteiger partial charge on any atom is -0.361 e. The SMILES string of the molecule is NC(=O)c1nc(CNC(=O)[C@@H]2CCc3ccccc32)no1. The second-order valence-corrected chi connectivity index (χ2v) is 4.89. The quantitative estimate of drug-likeness (QED) is 0.850. The lowest BCUT2D eigenvalue weighted by molar-refractivity contribution is -0.122. The van der Waals surface area contributed by atoms with Gasteiger partial charge < -0.3 is 15.6 Å². The average molecular weight is 286 g/mol. The largest absolute Gasteiger partial charge is 0.361 e. The second-order valence-electron chi connectivity index (χ2n) is 4.89. The summed E-state index contributed by atoms with van der Waals surface area (Å²) >= 11 is 0. The zero-order valence-corrected chi connectivity index (χ0v) is 11.2. The second kappa shape index (κ2) is 5.35. The summed E-state index contributed by atoms with van der Waals surface area (Å²) < 4.78 is 4.65. The van der Waals surface area contributed by atoms with Gasteiger partial charge in [0.1, 0.15) is 0 Å². The fourth-order valence-electron chi connectivity index (χ4n) is 2.54. The van der Waals surface area contributed by atoms with Crippen LogP contribution in [0.25, 0.3) is 0 Å². The van der Waals surface area contributed by atoms with Gasteiger partial charge in [-0.05, 0) is 24.0 Å². The molecule has 1 aliphatic carbocycles. The van der Waals surface area contributed by atoms with Crippen molar-refractivity contribution < 1.29 is 14.1 Å². The molecule has 1 aromatic carbocycles. The van der Waals surface area contributed by atoms with E-state index in [1.54, 1.807) is 0 Å². The standard InChI is InChI=1S/C14H14N4O3/c15-12(19)14-17-11(18-21-14)7-16-13(20)10-6-5-8-3-1-2-4-9(8)10/h1-4,10H,5-7H2,(H2,15,19)(H,16,20)/t10-/m1/s1. The van der Waals surface area contributed by atoms with Crippen LogP contribution < -0.4 is 11.1 Å². The van der Waals surface area contributed by atoms with Crippen molar-refractivity contribution in [2.24, 2.45) is 5.73 Å². The van der Waals surface area contributed by atoms with Gasteiger partial charge in [-0.2, -0.15) is 4.98 Å². The summed E-state index contributed by atoms with van der Waals surface area (Å²) in [7, 11) is 0. The Kier molecular flexibility index (Phi) is 3.39. The molecule has 7 nitrogen and oxygen atoms in total. The van der Waals surface area contributed by atoms with Crippen LogP contribution in [0.15, 0.2) is 28.8 Å². The Bertz CT molecular complexity index is 695. The lowest BCUT2D eigenvalue weighted by atomic mass is 10.0. The number of hydrogen-bond donors (Lipinski definition) is 2. The normalized spacial score (nSPS) is 16.5. The molecule has 0 aliphatic heterocycles.